The van der Waals surface area contributed by atoms with E-state index < -0.39 is 5.91 Å². The molecule has 0 aliphatic carbocycles. The molecule has 0 saturated carbocycles. The molecular formula is C16H13IN4O2. The van der Waals surface area contributed by atoms with E-state index in [1.807, 2.05) is 19.1 Å². The fraction of sp³-hybridized carbons (Fsp3) is 0.0625. The van der Waals surface area contributed by atoms with Crippen molar-refractivity contribution in [1.29, 1.82) is 0 Å². The highest BCUT2D eigenvalue weighted by Gasteiger charge is 2.07. The van der Waals surface area contributed by atoms with Crippen LogP contribution < -0.4 is 10.8 Å². The highest BCUT2D eigenvalue weighted by atomic mass is 127. The first kappa shape index (κ1) is 15.6. The fourth-order valence-electron chi connectivity index (χ4n) is 2.18. The Bertz CT molecular complexity index is 898. The van der Waals surface area contributed by atoms with Crippen molar-refractivity contribution in [3.05, 3.63) is 57.3 Å². The average Bonchev–Trinajstić information content (AvgIpc) is 2.56. The second kappa shape index (κ2) is 6.47. The first-order valence-corrected chi connectivity index (χ1v) is 7.89. The van der Waals surface area contributed by atoms with Gasteiger partial charge < -0.3 is 5.32 Å². The summed E-state index contributed by atoms with van der Waals surface area (Å²) in [6, 6.07) is 11.0. The standard InChI is InChI=1S/C16H13IN4O2/c1-9-6-11(17)3-5-12(9)19-15-8-18-14-7-10(16(22)21-23)2-4-13(14)20-15/h2-8,23H,1H3,(H,19,20)(H,21,22). The van der Waals surface area contributed by atoms with Crippen molar-refractivity contribution in [2.24, 2.45) is 0 Å². The summed E-state index contributed by atoms with van der Waals surface area (Å²) >= 11 is 2.27. The number of aryl methyl sites for hydroxylation is 1. The van der Waals surface area contributed by atoms with Crippen LogP contribution in [0.15, 0.2) is 42.6 Å². The van der Waals surface area contributed by atoms with Crippen LogP contribution in [0.2, 0.25) is 0 Å². The molecule has 1 aromatic heterocycles. The van der Waals surface area contributed by atoms with Gasteiger partial charge in [-0.05, 0) is 71.5 Å². The van der Waals surface area contributed by atoms with Crippen LogP contribution in [0.3, 0.4) is 0 Å². The third-order valence-corrected chi connectivity index (χ3v) is 4.03. The third kappa shape index (κ3) is 3.40. The predicted molar refractivity (Wildman–Crippen MR) is 96.0 cm³/mol. The van der Waals surface area contributed by atoms with Gasteiger partial charge >= 0.3 is 0 Å². The maximum absolute atomic E-state index is 11.4. The number of nitrogens with one attached hydrogen (secondary N) is 2. The monoisotopic (exact) mass is 420 g/mol. The lowest BCUT2D eigenvalue weighted by molar-refractivity contribution is 0.0706. The van der Waals surface area contributed by atoms with Crippen molar-refractivity contribution >= 4 is 51.0 Å². The summed E-state index contributed by atoms with van der Waals surface area (Å²) in [5.41, 5.74) is 5.25. The van der Waals surface area contributed by atoms with E-state index in [2.05, 4.69) is 43.9 Å². The molecule has 0 aliphatic rings. The maximum atomic E-state index is 11.4. The predicted octanol–water partition coefficient (Wildman–Crippen LogP) is 3.41. The van der Waals surface area contributed by atoms with Gasteiger partial charge in [-0.3, -0.25) is 15.0 Å². The molecular weight excluding hydrogens is 407 g/mol. The third-order valence-electron chi connectivity index (χ3n) is 3.36. The maximum Gasteiger partial charge on any atom is 0.274 e. The van der Waals surface area contributed by atoms with Crippen molar-refractivity contribution in [1.82, 2.24) is 15.4 Å². The first-order valence-electron chi connectivity index (χ1n) is 6.81. The van der Waals surface area contributed by atoms with Crippen molar-refractivity contribution in [3.63, 3.8) is 0 Å². The van der Waals surface area contributed by atoms with Gasteiger partial charge in [0.25, 0.3) is 5.91 Å². The van der Waals surface area contributed by atoms with Gasteiger partial charge in [0.05, 0.1) is 17.2 Å². The SMILES string of the molecule is Cc1cc(I)ccc1Nc1cnc2cc(C(=O)NO)ccc2n1. The number of carbonyl (C=O) groups excluding carboxylic acids is 1. The Morgan fingerprint density at radius 2 is 2.00 bits per heavy atom. The van der Waals surface area contributed by atoms with Gasteiger partial charge in [-0.1, -0.05) is 0 Å². The smallest absolute Gasteiger partial charge is 0.274 e. The highest BCUT2D eigenvalue weighted by molar-refractivity contribution is 14.1. The van der Waals surface area contributed by atoms with E-state index in [-0.39, 0.29) is 0 Å². The number of nitrogens with zero attached hydrogens (tertiary/aromatic N) is 2. The summed E-state index contributed by atoms with van der Waals surface area (Å²) in [5, 5.41) is 11.9. The van der Waals surface area contributed by atoms with Gasteiger partial charge in [0.2, 0.25) is 0 Å². The van der Waals surface area contributed by atoms with Crippen LogP contribution in [-0.2, 0) is 0 Å². The lowest BCUT2D eigenvalue weighted by Gasteiger charge is -2.10. The molecule has 0 atom stereocenters. The largest absolute Gasteiger partial charge is 0.339 e. The molecule has 0 radical (unpaired) electrons. The molecule has 0 spiro atoms. The van der Waals surface area contributed by atoms with Crippen molar-refractivity contribution in [3.8, 4) is 0 Å². The highest BCUT2D eigenvalue weighted by Crippen LogP contribution is 2.22. The van der Waals surface area contributed by atoms with Crippen molar-refractivity contribution in [2.75, 3.05) is 5.32 Å². The van der Waals surface area contributed by atoms with Crippen molar-refractivity contribution in [2.45, 2.75) is 6.92 Å². The van der Waals surface area contributed by atoms with E-state index in [4.69, 9.17) is 5.21 Å². The summed E-state index contributed by atoms with van der Waals surface area (Å²) in [5.74, 6) is 0.0478. The molecule has 0 fully saturated rings. The van der Waals surface area contributed by atoms with Crippen LogP contribution in [0.1, 0.15) is 15.9 Å². The number of amides is 1. The van der Waals surface area contributed by atoms with Gasteiger partial charge in [0.1, 0.15) is 5.82 Å². The van der Waals surface area contributed by atoms with Crippen LogP contribution >= 0.6 is 22.6 Å². The molecule has 23 heavy (non-hydrogen) atoms. The molecule has 3 aromatic rings. The summed E-state index contributed by atoms with van der Waals surface area (Å²) < 4.78 is 1.17. The molecule has 1 heterocycles. The Morgan fingerprint density at radius 1 is 1.17 bits per heavy atom. The molecule has 0 bridgehead atoms. The van der Waals surface area contributed by atoms with E-state index in [0.717, 1.165) is 11.3 Å². The number of hydroxylamine groups is 1. The summed E-state index contributed by atoms with van der Waals surface area (Å²) in [6.07, 6.45) is 1.61. The number of anilines is 2. The number of halogens is 1. The zero-order chi connectivity index (χ0) is 16.4. The Hall–Kier alpha value is -2.26. The van der Waals surface area contributed by atoms with E-state index >= 15 is 0 Å². The van der Waals surface area contributed by atoms with Crippen molar-refractivity contribution < 1.29 is 10.0 Å². The Morgan fingerprint density at radius 3 is 2.74 bits per heavy atom. The van der Waals surface area contributed by atoms with Crippen LogP contribution in [-0.4, -0.2) is 21.1 Å². The van der Waals surface area contributed by atoms with E-state index in [1.165, 1.54) is 3.57 Å². The van der Waals surface area contributed by atoms with Gasteiger partial charge in [-0.15, -0.1) is 0 Å². The molecule has 3 rings (SSSR count). The Kier molecular flexibility index (Phi) is 4.39. The summed E-state index contributed by atoms with van der Waals surface area (Å²) in [4.78, 5) is 20.2. The van der Waals surface area contributed by atoms with Gasteiger partial charge in [-0.2, -0.15) is 0 Å². The lowest BCUT2D eigenvalue weighted by Crippen LogP contribution is -2.18. The number of hydrogen-bond donors (Lipinski definition) is 3. The molecule has 2 aromatic carbocycles. The lowest BCUT2D eigenvalue weighted by atomic mass is 10.2. The van der Waals surface area contributed by atoms with Gasteiger partial charge in [-0.25, -0.2) is 10.5 Å². The number of benzene rings is 2. The number of aromatic nitrogens is 2. The number of rotatable bonds is 3. The first-order chi connectivity index (χ1) is 11.1. The molecule has 7 heteroatoms. The second-order valence-corrected chi connectivity index (χ2v) is 6.23. The van der Waals surface area contributed by atoms with Crippen LogP contribution in [0.4, 0.5) is 11.5 Å². The zero-order valence-corrected chi connectivity index (χ0v) is 14.3. The Balaban J connectivity index is 1.92. The topological polar surface area (TPSA) is 87.1 Å². The minimum atomic E-state index is -0.578. The number of fused-ring (bicyclic) bond motifs is 1. The summed E-state index contributed by atoms with van der Waals surface area (Å²) in [6.45, 7) is 2.03. The second-order valence-electron chi connectivity index (χ2n) is 4.98. The van der Waals surface area contributed by atoms with Gasteiger partial charge in [0.15, 0.2) is 0 Å². The normalized spacial score (nSPS) is 10.6. The molecule has 1 amide bonds. The van der Waals surface area contributed by atoms with Gasteiger partial charge in [0, 0.05) is 14.8 Å². The van der Waals surface area contributed by atoms with E-state index in [9.17, 15) is 4.79 Å². The average molecular weight is 420 g/mol. The molecule has 0 unspecified atom stereocenters. The summed E-state index contributed by atoms with van der Waals surface area (Å²) in [7, 11) is 0. The molecule has 6 nitrogen and oxygen atoms in total. The Labute approximate surface area is 146 Å². The minimum Gasteiger partial charge on any atom is -0.339 e. The minimum absolute atomic E-state index is 0.323. The van der Waals surface area contributed by atoms with E-state index in [0.29, 0.717) is 22.4 Å². The van der Waals surface area contributed by atoms with E-state index in [1.54, 1.807) is 29.9 Å². The molecule has 116 valence electrons. The molecule has 3 N–H and O–H groups in total. The van der Waals surface area contributed by atoms with Crippen LogP contribution in [0, 0.1) is 10.5 Å². The number of carbonyl (C=O) groups is 1. The fourth-order valence-corrected chi connectivity index (χ4v) is 2.83. The zero-order valence-electron chi connectivity index (χ0n) is 12.2. The quantitative estimate of drug-likeness (QED) is 0.344. The van der Waals surface area contributed by atoms with Crippen LogP contribution in [0.25, 0.3) is 11.0 Å². The molecule has 0 saturated heterocycles. The molecule has 0 aliphatic heterocycles. The van der Waals surface area contributed by atoms with Crippen LogP contribution in [0.5, 0.6) is 0 Å². The number of hydrogen-bond acceptors (Lipinski definition) is 5.